The Bertz CT molecular complexity index is 830. The molecule has 146 valence electrons. The summed E-state index contributed by atoms with van der Waals surface area (Å²) in [5.41, 5.74) is 2.82. The quantitative estimate of drug-likeness (QED) is 0.636. The summed E-state index contributed by atoms with van der Waals surface area (Å²) < 4.78 is 0. The van der Waals surface area contributed by atoms with Gasteiger partial charge in [0.15, 0.2) is 0 Å². The number of hydrogen-bond donors (Lipinski definition) is 0. The third-order valence-corrected chi connectivity index (χ3v) is 6.23. The Morgan fingerprint density at radius 2 is 1.93 bits per heavy atom. The van der Waals surface area contributed by atoms with Gasteiger partial charge in [-0.3, -0.25) is 9.89 Å². The number of aryl methyl sites for hydroxylation is 1. The summed E-state index contributed by atoms with van der Waals surface area (Å²) in [6.07, 6.45) is 0.931. The van der Waals surface area contributed by atoms with Crippen molar-refractivity contribution < 1.29 is 4.79 Å². The molecule has 1 aromatic carbocycles. The van der Waals surface area contributed by atoms with Gasteiger partial charge in [0, 0.05) is 40.7 Å². The number of nitrogens with zero attached hydrogens (tertiary/aromatic N) is 3. The Labute approximate surface area is 176 Å². The van der Waals surface area contributed by atoms with Crippen LogP contribution in [-0.2, 0) is 6.42 Å². The van der Waals surface area contributed by atoms with Crippen LogP contribution < -0.4 is 4.90 Å². The second kappa shape index (κ2) is 9.58. The van der Waals surface area contributed by atoms with Gasteiger partial charge >= 0.3 is 6.03 Å². The Morgan fingerprint density at radius 1 is 1.22 bits per heavy atom. The number of fused-ring (bicyclic) bond motifs is 1. The van der Waals surface area contributed by atoms with Crippen LogP contribution in [0.5, 0.6) is 0 Å². The van der Waals surface area contributed by atoms with E-state index in [4.69, 9.17) is 16.6 Å². The van der Waals surface area contributed by atoms with Crippen molar-refractivity contribution in [3.8, 4) is 0 Å². The van der Waals surface area contributed by atoms with Crippen molar-refractivity contribution in [2.75, 3.05) is 31.1 Å². The van der Waals surface area contributed by atoms with Crippen LogP contribution in [0.3, 0.4) is 0 Å². The summed E-state index contributed by atoms with van der Waals surface area (Å²) in [6, 6.07) is 9.99. The zero-order valence-electron chi connectivity index (χ0n) is 15.9. The van der Waals surface area contributed by atoms with E-state index in [9.17, 15) is 4.79 Å². The van der Waals surface area contributed by atoms with Crippen LogP contribution in [0.4, 0.5) is 9.80 Å². The van der Waals surface area contributed by atoms with E-state index in [0.717, 1.165) is 28.3 Å². The van der Waals surface area contributed by atoms with E-state index >= 15 is 0 Å². The first-order valence-electron chi connectivity index (χ1n) is 9.09. The standard InChI is InChI=1S/C20H24ClN3OS.ClH/c1-4-14-13-16-18(15-9-7-8-10-17(15)21)22-11-12-24(19(16)26-14)20(25)23(5-2)6-3;/h7-10,13H,4-6,11-12H2,1-3H3;1H. The summed E-state index contributed by atoms with van der Waals surface area (Å²) >= 11 is 8.13. The van der Waals surface area contributed by atoms with Crippen LogP contribution in [0, 0.1) is 0 Å². The van der Waals surface area contributed by atoms with E-state index in [0.29, 0.717) is 31.2 Å². The van der Waals surface area contributed by atoms with Gasteiger partial charge in [0.2, 0.25) is 0 Å². The molecule has 2 aromatic rings. The molecule has 0 aliphatic carbocycles. The molecule has 0 radical (unpaired) electrons. The molecule has 3 rings (SSSR count). The van der Waals surface area contributed by atoms with Gasteiger partial charge in [-0.05, 0) is 32.4 Å². The highest BCUT2D eigenvalue weighted by molar-refractivity contribution is 7.16. The summed E-state index contributed by atoms with van der Waals surface area (Å²) in [5, 5.41) is 1.67. The number of halogens is 2. The Balaban J connectivity index is 0.00000261. The van der Waals surface area contributed by atoms with E-state index in [1.54, 1.807) is 11.3 Å². The van der Waals surface area contributed by atoms with Crippen molar-refractivity contribution in [3.63, 3.8) is 0 Å². The van der Waals surface area contributed by atoms with Gasteiger partial charge in [0.05, 0.1) is 12.3 Å². The Hall–Kier alpha value is -1.56. The maximum atomic E-state index is 13.1. The maximum absolute atomic E-state index is 13.1. The summed E-state index contributed by atoms with van der Waals surface area (Å²) in [5.74, 6) is 0. The van der Waals surface area contributed by atoms with Crippen molar-refractivity contribution in [3.05, 3.63) is 51.4 Å². The van der Waals surface area contributed by atoms with Gasteiger partial charge in [-0.1, -0.05) is 36.7 Å². The summed E-state index contributed by atoms with van der Waals surface area (Å²) in [7, 11) is 0. The van der Waals surface area contributed by atoms with Crippen LogP contribution in [0.1, 0.15) is 36.8 Å². The van der Waals surface area contributed by atoms with E-state index in [1.807, 2.05) is 47.9 Å². The van der Waals surface area contributed by atoms with Gasteiger partial charge in [-0.25, -0.2) is 4.79 Å². The average molecular weight is 426 g/mol. The molecule has 0 atom stereocenters. The smallest absolute Gasteiger partial charge is 0.325 e. The van der Waals surface area contributed by atoms with Crippen LogP contribution in [0.15, 0.2) is 35.3 Å². The third kappa shape index (κ3) is 4.31. The number of amides is 2. The number of carbonyl (C=O) groups excluding carboxylic acids is 1. The molecule has 7 heteroatoms. The van der Waals surface area contributed by atoms with Gasteiger partial charge < -0.3 is 4.90 Å². The molecule has 1 aromatic heterocycles. The number of urea groups is 1. The molecule has 0 fully saturated rings. The van der Waals surface area contributed by atoms with Crippen molar-refractivity contribution in [1.82, 2.24) is 4.90 Å². The molecular formula is C20H25Cl2N3OS. The highest BCUT2D eigenvalue weighted by Crippen LogP contribution is 2.37. The molecule has 0 N–H and O–H groups in total. The first kappa shape index (κ1) is 21.7. The van der Waals surface area contributed by atoms with Crippen molar-refractivity contribution in [2.24, 2.45) is 4.99 Å². The lowest BCUT2D eigenvalue weighted by molar-refractivity contribution is 0.210. The Kier molecular flexibility index (Phi) is 7.71. The topological polar surface area (TPSA) is 35.9 Å². The fourth-order valence-corrected chi connectivity index (χ4v) is 4.49. The molecule has 0 spiro atoms. The van der Waals surface area contributed by atoms with Gasteiger partial charge in [-0.15, -0.1) is 23.7 Å². The normalized spacial score (nSPS) is 13.3. The first-order chi connectivity index (χ1) is 12.6. The average Bonchev–Trinajstić information content (AvgIpc) is 3.00. The minimum absolute atomic E-state index is 0. The molecule has 2 amide bonds. The molecule has 0 saturated carbocycles. The van der Waals surface area contributed by atoms with Crippen molar-refractivity contribution >= 4 is 52.1 Å². The zero-order chi connectivity index (χ0) is 18.7. The largest absolute Gasteiger partial charge is 0.325 e. The van der Waals surface area contributed by atoms with Gasteiger partial charge in [-0.2, -0.15) is 0 Å². The number of rotatable bonds is 4. The number of aliphatic imine (C=N–C) groups is 1. The minimum atomic E-state index is 0. The second-order valence-corrected chi connectivity index (χ2v) is 7.62. The molecule has 2 heterocycles. The number of benzene rings is 1. The summed E-state index contributed by atoms with van der Waals surface area (Å²) in [6.45, 7) is 8.70. The SMILES string of the molecule is CCc1cc2c(s1)N(C(=O)N(CC)CC)CCN=C2c1ccccc1Cl.Cl. The van der Waals surface area contributed by atoms with Gasteiger partial charge in [0.1, 0.15) is 5.00 Å². The lowest BCUT2D eigenvalue weighted by Crippen LogP contribution is -2.44. The lowest BCUT2D eigenvalue weighted by Gasteiger charge is -2.28. The molecule has 4 nitrogen and oxygen atoms in total. The predicted molar refractivity (Wildman–Crippen MR) is 119 cm³/mol. The molecule has 27 heavy (non-hydrogen) atoms. The molecular weight excluding hydrogens is 401 g/mol. The summed E-state index contributed by atoms with van der Waals surface area (Å²) in [4.78, 5) is 22.9. The monoisotopic (exact) mass is 425 g/mol. The van der Waals surface area contributed by atoms with E-state index in [2.05, 4.69) is 13.0 Å². The van der Waals surface area contributed by atoms with Crippen LogP contribution in [0.2, 0.25) is 5.02 Å². The number of anilines is 1. The van der Waals surface area contributed by atoms with E-state index < -0.39 is 0 Å². The van der Waals surface area contributed by atoms with Crippen molar-refractivity contribution in [1.29, 1.82) is 0 Å². The second-order valence-electron chi connectivity index (χ2n) is 6.10. The van der Waals surface area contributed by atoms with Gasteiger partial charge in [0.25, 0.3) is 0 Å². The molecule has 0 saturated heterocycles. The first-order valence-corrected chi connectivity index (χ1v) is 10.3. The zero-order valence-corrected chi connectivity index (χ0v) is 18.3. The number of hydrogen-bond acceptors (Lipinski definition) is 3. The molecule has 1 aliphatic rings. The highest BCUT2D eigenvalue weighted by atomic mass is 35.5. The minimum Gasteiger partial charge on any atom is -0.325 e. The Morgan fingerprint density at radius 3 is 2.56 bits per heavy atom. The molecule has 1 aliphatic heterocycles. The highest BCUT2D eigenvalue weighted by Gasteiger charge is 2.29. The lowest BCUT2D eigenvalue weighted by atomic mass is 10.0. The number of carbonyl (C=O) groups is 1. The van der Waals surface area contributed by atoms with Crippen LogP contribution in [0.25, 0.3) is 0 Å². The fourth-order valence-electron chi connectivity index (χ4n) is 3.16. The fraction of sp³-hybridized carbons (Fsp3) is 0.400. The van der Waals surface area contributed by atoms with Crippen LogP contribution >= 0.6 is 35.3 Å². The maximum Gasteiger partial charge on any atom is 0.325 e. The molecule has 0 unspecified atom stereocenters. The molecule has 0 bridgehead atoms. The van der Waals surface area contributed by atoms with E-state index in [-0.39, 0.29) is 18.4 Å². The predicted octanol–water partition coefficient (Wildman–Crippen LogP) is 5.50. The third-order valence-electron chi connectivity index (χ3n) is 4.60. The van der Waals surface area contributed by atoms with Crippen LogP contribution in [-0.4, -0.2) is 42.8 Å². The van der Waals surface area contributed by atoms with E-state index in [1.165, 1.54) is 4.88 Å². The number of thiophene rings is 1. The van der Waals surface area contributed by atoms with Crippen molar-refractivity contribution in [2.45, 2.75) is 27.2 Å².